The first-order valence-electron chi connectivity index (χ1n) is 9.79. The van der Waals surface area contributed by atoms with Crippen molar-refractivity contribution in [3.8, 4) is 11.5 Å². The molecule has 0 aliphatic rings. The predicted molar refractivity (Wildman–Crippen MR) is 118 cm³/mol. The van der Waals surface area contributed by atoms with Gasteiger partial charge in [-0.05, 0) is 50.2 Å². The highest BCUT2D eigenvalue weighted by molar-refractivity contribution is 5.58. The molecule has 0 bridgehead atoms. The van der Waals surface area contributed by atoms with Crippen LogP contribution in [0.2, 0.25) is 0 Å². The zero-order valence-electron chi connectivity index (χ0n) is 17.8. The van der Waals surface area contributed by atoms with Gasteiger partial charge in [-0.25, -0.2) is 0 Å². The third-order valence-electron chi connectivity index (χ3n) is 4.48. The number of nitrogen functional groups attached to an aromatic ring is 1. The number of aromatic nitrogens is 3. The summed E-state index contributed by atoms with van der Waals surface area (Å²) in [7, 11) is 3.64. The molecule has 0 unspecified atom stereocenters. The highest BCUT2D eigenvalue weighted by Crippen LogP contribution is 2.28. The van der Waals surface area contributed by atoms with E-state index in [9.17, 15) is 0 Å². The van der Waals surface area contributed by atoms with Crippen LogP contribution in [0.15, 0.2) is 42.5 Å². The summed E-state index contributed by atoms with van der Waals surface area (Å²) in [6, 6.07) is 13.9. The lowest BCUT2D eigenvalue weighted by Crippen LogP contribution is -2.20. The summed E-state index contributed by atoms with van der Waals surface area (Å²) in [6.07, 6.45) is 0. The average molecular weight is 409 g/mol. The van der Waals surface area contributed by atoms with Gasteiger partial charge in [0.15, 0.2) is 11.5 Å². The summed E-state index contributed by atoms with van der Waals surface area (Å²) in [4.78, 5) is 15.1. The van der Waals surface area contributed by atoms with Gasteiger partial charge in [0.2, 0.25) is 11.9 Å². The van der Waals surface area contributed by atoms with Crippen molar-refractivity contribution in [3.63, 3.8) is 0 Å². The minimum Gasteiger partial charge on any atom is -0.493 e. The Hall–Kier alpha value is -3.39. The van der Waals surface area contributed by atoms with Crippen LogP contribution in [0.3, 0.4) is 0 Å². The second-order valence-corrected chi connectivity index (χ2v) is 6.96. The fourth-order valence-corrected chi connectivity index (χ4v) is 3.09. The SMILES string of the molecule is CCOc1ccc(CN(C)Cc2nc(N)nc(Nc3ccccc3C)n2)cc1OC. The van der Waals surface area contributed by atoms with Crippen molar-refractivity contribution in [3.05, 3.63) is 59.4 Å². The molecule has 0 amide bonds. The number of rotatable bonds is 9. The highest BCUT2D eigenvalue weighted by Gasteiger charge is 2.11. The summed E-state index contributed by atoms with van der Waals surface area (Å²) in [6.45, 7) is 5.77. The van der Waals surface area contributed by atoms with E-state index in [1.165, 1.54) is 0 Å². The van der Waals surface area contributed by atoms with Gasteiger partial charge in [-0.15, -0.1) is 0 Å². The standard InChI is InChI=1S/C22H28N6O2/c1-5-30-18-11-10-16(12-19(18)29-4)13-28(3)14-20-25-21(23)27-22(26-20)24-17-9-7-6-8-15(17)2/h6-12H,5,13-14H2,1-4H3,(H3,23,24,25,26,27). The van der Waals surface area contributed by atoms with E-state index in [-0.39, 0.29) is 5.95 Å². The molecule has 158 valence electrons. The van der Waals surface area contributed by atoms with Crippen LogP contribution in [0.1, 0.15) is 23.9 Å². The minimum atomic E-state index is 0.187. The highest BCUT2D eigenvalue weighted by atomic mass is 16.5. The number of nitrogens with two attached hydrogens (primary N) is 1. The van der Waals surface area contributed by atoms with Gasteiger partial charge < -0.3 is 20.5 Å². The maximum absolute atomic E-state index is 5.91. The van der Waals surface area contributed by atoms with E-state index in [0.29, 0.717) is 31.5 Å². The summed E-state index contributed by atoms with van der Waals surface area (Å²) in [5, 5.41) is 3.22. The summed E-state index contributed by atoms with van der Waals surface area (Å²) >= 11 is 0. The quantitative estimate of drug-likeness (QED) is 0.555. The van der Waals surface area contributed by atoms with Crippen molar-refractivity contribution in [1.82, 2.24) is 19.9 Å². The molecule has 0 fully saturated rings. The number of nitrogens with zero attached hydrogens (tertiary/aromatic N) is 4. The van der Waals surface area contributed by atoms with Crippen molar-refractivity contribution >= 4 is 17.6 Å². The van der Waals surface area contributed by atoms with Crippen LogP contribution in [0.5, 0.6) is 11.5 Å². The average Bonchev–Trinajstić information content (AvgIpc) is 2.70. The van der Waals surface area contributed by atoms with Crippen LogP contribution in [0.25, 0.3) is 0 Å². The van der Waals surface area contributed by atoms with Crippen molar-refractivity contribution in [2.45, 2.75) is 26.9 Å². The molecule has 0 saturated heterocycles. The smallest absolute Gasteiger partial charge is 0.232 e. The molecule has 0 spiro atoms. The molecule has 1 aromatic heterocycles. The molecular formula is C22H28N6O2. The van der Waals surface area contributed by atoms with Crippen LogP contribution in [0.4, 0.5) is 17.6 Å². The van der Waals surface area contributed by atoms with Crippen molar-refractivity contribution < 1.29 is 9.47 Å². The first-order valence-corrected chi connectivity index (χ1v) is 9.79. The maximum atomic E-state index is 5.91. The van der Waals surface area contributed by atoms with Crippen LogP contribution < -0.4 is 20.5 Å². The summed E-state index contributed by atoms with van der Waals surface area (Å²) < 4.78 is 11.0. The molecule has 0 aliphatic carbocycles. The molecule has 8 heteroatoms. The van der Waals surface area contributed by atoms with E-state index in [1.54, 1.807) is 7.11 Å². The van der Waals surface area contributed by atoms with E-state index in [1.807, 2.05) is 63.4 Å². The molecule has 0 aliphatic heterocycles. The number of methoxy groups -OCH3 is 1. The number of ether oxygens (including phenoxy) is 2. The van der Waals surface area contributed by atoms with Crippen LogP contribution >= 0.6 is 0 Å². The number of anilines is 3. The third kappa shape index (κ3) is 5.57. The van der Waals surface area contributed by atoms with Crippen molar-refractivity contribution in [2.24, 2.45) is 0 Å². The molecule has 1 heterocycles. The monoisotopic (exact) mass is 408 g/mol. The second kappa shape index (κ2) is 9.89. The summed E-state index contributed by atoms with van der Waals surface area (Å²) in [5.41, 5.74) is 9.04. The first kappa shape index (κ1) is 21.3. The third-order valence-corrected chi connectivity index (χ3v) is 4.48. The van der Waals surface area contributed by atoms with E-state index in [4.69, 9.17) is 15.2 Å². The van der Waals surface area contributed by atoms with Crippen LogP contribution in [-0.2, 0) is 13.1 Å². The second-order valence-electron chi connectivity index (χ2n) is 6.96. The Bertz CT molecular complexity index is 995. The first-order chi connectivity index (χ1) is 14.5. The van der Waals surface area contributed by atoms with Gasteiger partial charge in [0.05, 0.1) is 20.3 Å². The van der Waals surface area contributed by atoms with Gasteiger partial charge in [-0.1, -0.05) is 24.3 Å². The number of nitrogens with one attached hydrogen (secondary N) is 1. The Kier molecular flexibility index (Phi) is 7.03. The lowest BCUT2D eigenvalue weighted by atomic mass is 10.2. The van der Waals surface area contributed by atoms with E-state index in [2.05, 4.69) is 25.2 Å². The molecule has 8 nitrogen and oxygen atoms in total. The van der Waals surface area contributed by atoms with Gasteiger partial charge in [0.1, 0.15) is 5.82 Å². The lowest BCUT2D eigenvalue weighted by Gasteiger charge is -2.18. The van der Waals surface area contributed by atoms with Crippen LogP contribution in [0, 0.1) is 6.92 Å². The van der Waals surface area contributed by atoms with Gasteiger partial charge in [-0.3, -0.25) is 4.90 Å². The predicted octanol–water partition coefficient (Wildman–Crippen LogP) is 3.55. The topological polar surface area (TPSA) is 98.4 Å². The van der Waals surface area contributed by atoms with E-state index in [0.717, 1.165) is 28.3 Å². The maximum Gasteiger partial charge on any atom is 0.232 e. The number of para-hydroxylation sites is 1. The fourth-order valence-electron chi connectivity index (χ4n) is 3.09. The molecule has 3 rings (SSSR count). The summed E-state index contributed by atoms with van der Waals surface area (Å²) in [5.74, 6) is 2.68. The largest absolute Gasteiger partial charge is 0.493 e. The molecule has 3 N–H and O–H groups in total. The molecule has 0 radical (unpaired) electrons. The Morgan fingerprint density at radius 3 is 2.57 bits per heavy atom. The Morgan fingerprint density at radius 1 is 1.03 bits per heavy atom. The lowest BCUT2D eigenvalue weighted by molar-refractivity contribution is 0.302. The van der Waals surface area contributed by atoms with Gasteiger partial charge in [0, 0.05) is 12.2 Å². The molecule has 2 aromatic carbocycles. The zero-order valence-corrected chi connectivity index (χ0v) is 17.8. The molecule has 0 atom stereocenters. The normalized spacial score (nSPS) is 10.8. The molecule has 0 saturated carbocycles. The fraction of sp³-hybridized carbons (Fsp3) is 0.318. The van der Waals surface area contributed by atoms with Crippen LogP contribution in [-0.4, -0.2) is 40.6 Å². The van der Waals surface area contributed by atoms with Gasteiger partial charge >= 0.3 is 0 Å². The number of hydrogen-bond donors (Lipinski definition) is 2. The number of benzene rings is 2. The minimum absolute atomic E-state index is 0.187. The van der Waals surface area contributed by atoms with E-state index < -0.39 is 0 Å². The Labute approximate surface area is 177 Å². The Balaban J connectivity index is 1.70. The van der Waals surface area contributed by atoms with Crippen molar-refractivity contribution in [2.75, 3.05) is 31.8 Å². The van der Waals surface area contributed by atoms with Crippen molar-refractivity contribution in [1.29, 1.82) is 0 Å². The van der Waals surface area contributed by atoms with Gasteiger partial charge in [0.25, 0.3) is 0 Å². The van der Waals surface area contributed by atoms with E-state index >= 15 is 0 Å². The zero-order chi connectivity index (χ0) is 21.5. The Morgan fingerprint density at radius 2 is 1.83 bits per heavy atom. The molecular weight excluding hydrogens is 380 g/mol. The van der Waals surface area contributed by atoms with Gasteiger partial charge in [-0.2, -0.15) is 15.0 Å². The molecule has 30 heavy (non-hydrogen) atoms. The molecule has 3 aromatic rings. The number of hydrogen-bond acceptors (Lipinski definition) is 8. The number of aryl methyl sites for hydroxylation is 1.